The molecule has 1 aliphatic rings. The Bertz CT molecular complexity index is 1340. The van der Waals surface area contributed by atoms with E-state index in [1.54, 1.807) is 23.3 Å². The Morgan fingerprint density at radius 3 is 2.59 bits per heavy atom. The summed E-state index contributed by atoms with van der Waals surface area (Å²) in [7, 11) is 0. The number of rotatable bonds is 5. The SMILES string of the molecule is N#Cc1cccc(F)c1Oc1cccc2c1C(=O)N(Cc1ccc(-c3ccco3)cc1)C2. The van der Waals surface area contributed by atoms with Gasteiger partial charge in [-0.1, -0.05) is 42.5 Å². The quantitative estimate of drug-likeness (QED) is 0.400. The first-order chi connectivity index (χ1) is 15.6. The minimum Gasteiger partial charge on any atom is -0.464 e. The van der Waals surface area contributed by atoms with Gasteiger partial charge in [0.2, 0.25) is 0 Å². The summed E-state index contributed by atoms with van der Waals surface area (Å²) in [5, 5.41) is 9.27. The number of benzene rings is 3. The number of para-hydroxylation sites is 1. The van der Waals surface area contributed by atoms with Crippen LogP contribution in [0, 0.1) is 17.1 Å². The molecular formula is C26H17FN2O3. The van der Waals surface area contributed by atoms with E-state index in [0.29, 0.717) is 18.7 Å². The molecule has 2 heterocycles. The lowest BCUT2D eigenvalue weighted by molar-refractivity contribution is 0.0764. The van der Waals surface area contributed by atoms with Gasteiger partial charge in [-0.3, -0.25) is 4.79 Å². The second kappa shape index (κ2) is 8.05. The van der Waals surface area contributed by atoms with Crippen LogP contribution in [0.3, 0.4) is 0 Å². The van der Waals surface area contributed by atoms with E-state index in [-0.39, 0.29) is 23.0 Å². The van der Waals surface area contributed by atoms with Crippen molar-refractivity contribution >= 4 is 5.91 Å². The average Bonchev–Trinajstić information content (AvgIpc) is 3.45. The fourth-order valence-electron chi connectivity index (χ4n) is 3.85. The number of nitrogens with zero attached hydrogens (tertiary/aromatic N) is 2. The Hall–Kier alpha value is -4.37. The first-order valence-electron chi connectivity index (χ1n) is 10.0. The first kappa shape index (κ1) is 19.6. The number of hydrogen-bond donors (Lipinski definition) is 0. The molecular weight excluding hydrogens is 407 g/mol. The molecule has 0 fully saturated rings. The zero-order valence-electron chi connectivity index (χ0n) is 16.9. The standard InChI is InChI=1S/C26H17FN2O3/c27-21-6-1-4-19(14-28)25(21)32-23-7-2-5-20-16-29(26(30)24(20)23)15-17-9-11-18(12-10-17)22-8-3-13-31-22/h1-13H,15-16H2. The second-order valence-electron chi connectivity index (χ2n) is 7.46. The van der Waals surface area contributed by atoms with Crippen molar-refractivity contribution in [1.82, 2.24) is 4.90 Å². The smallest absolute Gasteiger partial charge is 0.258 e. The minimum absolute atomic E-state index is 0.0709. The normalized spacial score (nSPS) is 12.5. The largest absolute Gasteiger partial charge is 0.464 e. The number of halogens is 1. The Balaban J connectivity index is 1.38. The molecule has 0 saturated heterocycles. The van der Waals surface area contributed by atoms with Crippen molar-refractivity contribution in [3.63, 3.8) is 0 Å². The van der Waals surface area contributed by atoms with Gasteiger partial charge < -0.3 is 14.1 Å². The predicted octanol–water partition coefficient (Wildman–Crippen LogP) is 5.91. The number of carbonyl (C=O) groups excluding carboxylic acids is 1. The number of ether oxygens (including phenoxy) is 1. The summed E-state index contributed by atoms with van der Waals surface area (Å²) in [5.41, 5.74) is 3.21. The molecule has 5 nitrogen and oxygen atoms in total. The average molecular weight is 424 g/mol. The van der Waals surface area contributed by atoms with Crippen molar-refractivity contribution in [2.75, 3.05) is 0 Å². The highest BCUT2D eigenvalue weighted by Gasteiger charge is 2.31. The van der Waals surface area contributed by atoms with E-state index >= 15 is 0 Å². The maximum Gasteiger partial charge on any atom is 0.258 e. The fourth-order valence-corrected chi connectivity index (χ4v) is 3.85. The third-order valence-electron chi connectivity index (χ3n) is 5.41. The number of nitriles is 1. The van der Waals surface area contributed by atoms with Crippen LogP contribution in [-0.2, 0) is 13.1 Å². The molecule has 6 heteroatoms. The van der Waals surface area contributed by atoms with Gasteiger partial charge >= 0.3 is 0 Å². The number of carbonyl (C=O) groups is 1. The van der Waals surface area contributed by atoms with Gasteiger partial charge in [-0.05, 0) is 41.5 Å². The third kappa shape index (κ3) is 3.50. The van der Waals surface area contributed by atoms with Crippen LogP contribution in [0.4, 0.5) is 4.39 Å². The Morgan fingerprint density at radius 2 is 1.84 bits per heavy atom. The van der Waals surface area contributed by atoms with E-state index in [9.17, 15) is 14.4 Å². The van der Waals surface area contributed by atoms with Crippen LogP contribution >= 0.6 is 0 Å². The molecule has 1 aromatic heterocycles. The molecule has 0 saturated carbocycles. The van der Waals surface area contributed by atoms with E-state index in [1.807, 2.05) is 48.5 Å². The lowest BCUT2D eigenvalue weighted by Crippen LogP contribution is -2.23. The maximum absolute atomic E-state index is 14.3. The van der Waals surface area contributed by atoms with Gasteiger partial charge in [-0.15, -0.1) is 0 Å². The first-order valence-corrected chi connectivity index (χ1v) is 10.0. The molecule has 3 aromatic carbocycles. The van der Waals surface area contributed by atoms with Crippen molar-refractivity contribution in [2.45, 2.75) is 13.1 Å². The molecule has 0 unspecified atom stereocenters. The molecule has 4 aromatic rings. The maximum atomic E-state index is 14.3. The summed E-state index contributed by atoms with van der Waals surface area (Å²) >= 11 is 0. The summed E-state index contributed by atoms with van der Waals surface area (Å²) in [6.07, 6.45) is 1.63. The van der Waals surface area contributed by atoms with Crippen molar-refractivity contribution in [1.29, 1.82) is 5.26 Å². The molecule has 0 bridgehead atoms. The molecule has 0 radical (unpaired) electrons. The Morgan fingerprint density at radius 1 is 1.03 bits per heavy atom. The molecule has 0 spiro atoms. The van der Waals surface area contributed by atoms with Gasteiger partial charge in [-0.25, -0.2) is 4.39 Å². The second-order valence-corrected chi connectivity index (χ2v) is 7.46. The lowest BCUT2D eigenvalue weighted by atomic mass is 10.1. The minimum atomic E-state index is -0.652. The molecule has 1 aliphatic heterocycles. The highest BCUT2D eigenvalue weighted by molar-refractivity contribution is 6.01. The lowest BCUT2D eigenvalue weighted by Gasteiger charge is -2.16. The van der Waals surface area contributed by atoms with Gasteiger partial charge in [-0.2, -0.15) is 5.26 Å². The van der Waals surface area contributed by atoms with Gasteiger partial charge in [0.05, 0.1) is 17.4 Å². The molecule has 0 N–H and O–H groups in total. The van der Waals surface area contributed by atoms with Crippen LogP contribution in [0.2, 0.25) is 0 Å². The van der Waals surface area contributed by atoms with E-state index in [1.165, 1.54) is 18.2 Å². The van der Waals surface area contributed by atoms with Crippen LogP contribution in [0.1, 0.15) is 27.0 Å². The molecule has 156 valence electrons. The fraction of sp³-hybridized carbons (Fsp3) is 0.0769. The number of hydrogen-bond acceptors (Lipinski definition) is 4. The van der Waals surface area contributed by atoms with Crippen molar-refractivity contribution in [2.24, 2.45) is 0 Å². The highest BCUT2D eigenvalue weighted by Crippen LogP contribution is 2.36. The summed E-state index contributed by atoms with van der Waals surface area (Å²) in [4.78, 5) is 14.9. The Labute approximate surface area is 183 Å². The number of amides is 1. The molecule has 32 heavy (non-hydrogen) atoms. The molecule has 0 aliphatic carbocycles. The zero-order chi connectivity index (χ0) is 22.1. The third-order valence-corrected chi connectivity index (χ3v) is 5.41. The summed E-state index contributed by atoms with van der Waals surface area (Å²) < 4.78 is 25.5. The van der Waals surface area contributed by atoms with Gasteiger partial charge in [0.25, 0.3) is 5.91 Å². The van der Waals surface area contributed by atoms with Gasteiger partial charge in [0, 0.05) is 18.7 Å². The summed E-state index contributed by atoms with van der Waals surface area (Å²) in [6, 6.07) is 22.9. The van der Waals surface area contributed by atoms with Crippen LogP contribution in [0.25, 0.3) is 11.3 Å². The van der Waals surface area contributed by atoms with Crippen LogP contribution < -0.4 is 4.74 Å². The topological polar surface area (TPSA) is 66.5 Å². The van der Waals surface area contributed by atoms with Crippen molar-refractivity contribution < 1.29 is 18.3 Å². The van der Waals surface area contributed by atoms with Crippen LogP contribution in [0.15, 0.2) is 83.5 Å². The highest BCUT2D eigenvalue weighted by atomic mass is 19.1. The van der Waals surface area contributed by atoms with E-state index in [0.717, 1.165) is 22.5 Å². The Kier molecular flexibility index (Phi) is 4.92. The molecule has 1 amide bonds. The van der Waals surface area contributed by atoms with Crippen LogP contribution in [0.5, 0.6) is 11.5 Å². The predicted molar refractivity (Wildman–Crippen MR) is 115 cm³/mol. The molecule has 5 rings (SSSR count). The summed E-state index contributed by atoms with van der Waals surface area (Å²) in [6.45, 7) is 0.849. The van der Waals surface area contributed by atoms with E-state index in [2.05, 4.69) is 0 Å². The van der Waals surface area contributed by atoms with Gasteiger partial charge in [0.15, 0.2) is 11.6 Å². The van der Waals surface area contributed by atoms with Gasteiger partial charge in [0.1, 0.15) is 17.6 Å². The van der Waals surface area contributed by atoms with Crippen molar-refractivity contribution in [3.05, 3.63) is 107 Å². The van der Waals surface area contributed by atoms with Crippen LogP contribution in [-0.4, -0.2) is 10.8 Å². The number of fused-ring (bicyclic) bond motifs is 1. The van der Waals surface area contributed by atoms with Crippen molar-refractivity contribution in [3.8, 4) is 28.9 Å². The molecule has 0 atom stereocenters. The van der Waals surface area contributed by atoms with E-state index in [4.69, 9.17) is 9.15 Å². The number of furan rings is 1. The summed E-state index contributed by atoms with van der Waals surface area (Å²) in [5.74, 6) is 0.00182. The monoisotopic (exact) mass is 424 g/mol. The zero-order valence-corrected chi connectivity index (χ0v) is 16.9. The van der Waals surface area contributed by atoms with E-state index < -0.39 is 5.82 Å².